The zero-order chi connectivity index (χ0) is 16.2. The number of aliphatic carboxylic acids is 1. The maximum absolute atomic E-state index is 11.8. The van der Waals surface area contributed by atoms with E-state index in [1.54, 1.807) is 25.6 Å². The van der Waals surface area contributed by atoms with E-state index in [0.29, 0.717) is 17.1 Å². The average molecular weight is 317 g/mol. The Kier molecular flexibility index (Phi) is 6.02. The maximum Gasteiger partial charge on any atom is 0.326 e. The summed E-state index contributed by atoms with van der Waals surface area (Å²) >= 11 is 6.17. The minimum atomic E-state index is -1.06. The molecule has 0 bridgehead atoms. The third kappa shape index (κ3) is 4.35. The van der Waals surface area contributed by atoms with Crippen LogP contribution in [0.5, 0.6) is 0 Å². The van der Waals surface area contributed by atoms with Gasteiger partial charge < -0.3 is 15.7 Å². The summed E-state index contributed by atoms with van der Waals surface area (Å²) in [6.45, 7) is 5.58. The van der Waals surface area contributed by atoms with Crippen LogP contribution in [-0.4, -0.2) is 32.9 Å². The van der Waals surface area contributed by atoms with Crippen LogP contribution in [0.15, 0.2) is 0 Å². The predicted octanol–water partition coefficient (Wildman–Crippen LogP) is 1.54. The van der Waals surface area contributed by atoms with E-state index in [1.165, 1.54) is 0 Å². The van der Waals surface area contributed by atoms with Crippen molar-refractivity contribution in [2.75, 3.05) is 0 Å². The molecule has 1 heterocycles. The first-order valence-corrected chi connectivity index (χ1v) is 7.13. The Labute approximate surface area is 128 Å². The highest BCUT2D eigenvalue weighted by atomic mass is 35.5. The van der Waals surface area contributed by atoms with Crippen LogP contribution >= 0.6 is 11.6 Å². The first-order chi connectivity index (χ1) is 9.77. The first-order valence-electron chi connectivity index (χ1n) is 6.75. The highest BCUT2D eigenvalue weighted by molar-refractivity contribution is 6.31. The van der Waals surface area contributed by atoms with Crippen molar-refractivity contribution in [1.82, 2.24) is 20.4 Å². The Morgan fingerprint density at radius 2 is 2.05 bits per heavy atom. The molecule has 118 valence electrons. The molecule has 0 radical (unpaired) electrons. The highest BCUT2D eigenvalue weighted by Crippen LogP contribution is 2.20. The fourth-order valence-corrected chi connectivity index (χ4v) is 2.24. The van der Waals surface area contributed by atoms with Gasteiger partial charge in [-0.1, -0.05) is 32.4 Å². The summed E-state index contributed by atoms with van der Waals surface area (Å²) in [6.07, 6.45) is 0.702. The van der Waals surface area contributed by atoms with Gasteiger partial charge in [-0.15, -0.1) is 0 Å². The van der Waals surface area contributed by atoms with Gasteiger partial charge in [0.05, 0.1) is 23.0 Å². The van der Waals surface area contributed by atoms with Crippen molar-refractivity contribution in [1.29, 1.82) is 0 Å². The first kappa shape index (κ1) is 17.3. The minimum Gasteiger partial charge on any atom is -0.480 e. The largest absolute Gasteiger partial charge is 0.480 e. The van der Waals surface area contributed by atoms with E-state index in [-0.39, 0.29) is 12.5 Å². The summed E-state index contributed by atoms with van der Waals surface area (Å²) in [5.74, 6) is -1.27. The second-order valence-corrected chi connectivity index (χ2v) is 5.45. The summed E-state index contributed by atoms with van der Waals surface area (Å²) in [5, 5.41) is 18.8. The molecule has 0 spiro atoms. The van der Waals surface area contributed by atoms with Crippen molar-refractivity contribution in [2.24, 2.45) is 13.0 Å². The number of urea groups is 1. The molecule has 21 heavy (non-hydrogen) atoms. The van der Waals surface area contributed by atoms with Crippen molar-refractivity contribution in [3.8, 4) is 0 Å². The molecular formula is C13H21ClN4O3. The van der Waals surface area contributed by atoms with E-state index >= 15 is 0 Å². The topological polar surface area (TPSA) is 96.3 Å². The number of hydrogen-bond donors (Lipinski definition) is 3. The molecular weight excluding hydrogens is 296 g/mol. The van der Waals surface area contributed by atoms with Gasteiger partial charge in [0.15, 0.2) is 0 Å². The fraction of sp³-hybridized carbons (Fsp3) is 0.615. The number of hydrogen-bond acceptors (Lipinski definition) is 3. The third-order valence-electron chi connectivity index (χ3n) is 3.14. The predicted molar refractivity (Wildman–Crippen MR) is 79.2 cm³/mol. The monoisotopic (exact) mass is 316 g/mol. The van der Waals surface area contributed by atoms with E-state index < -0.39 is 18.0 Å². The number of aromatic nitrogens is 2. The molecule has 0 aliphatic heterocycles. The van der Waals surface area contributed by atoms with Gasteiger partial charge in [0.2, 0.25) is 0 Å². The normalized spacial score (nSPS) is 12.3. The second-order valence-electron chi connectivity index (χ2n) is 5.07. The summed E-state index contributed by atoms with van der Waals surface area (Å²) in [7, 11) is 1.74. The van der Waals surface area contributed by atoms with E-state index in [4.69, 9.17) is 16.7 Å². The number of amides is 2. The van der Waals surface area contributed by atoms with Gasteiger partial charge >= 0.3 is 12.0 Å². The van der Waals surface area contributed by atoms with Crippen LogP contribution in [0.2, 0.25) is 5.02 Å². The number of carbonyl (C=O) groups excluding carboxylic acids is 1. The van der Waals surface area contributed by atoms with Crippen LogP contribution in [0.25, 0.3) is 0 Å². The Bertz CT molecular complexity index is 528. The lowest BCUT2D eigenvalue weighted by Gasteiger charge is -2.18. The number of nitrogens with one attached hydrogen (secondary N) is 2. The zero-order valence-electron chi connectivity index (χ0n) is 12.6. The van der Waals surface area contributed by atoms with E-state index in [9.17, 15) is 9.59 Å². The number of carboxylic acid groups (broad SMARTS) is 1. The van der Waals surface area contributed by atoms with Crippen LogP contribution in [0, 0.1) is 5.92 Å². The van der Waals surface area contributed by atoms with Gasteiger partial charge in [-0.05, 0) is 12.3 Å². The van der Waals surface area contributed by atoms with Crippen LogP contribution in [0.3, 0.4) is 0 Å². The maximum atomic E-state index is 11.8. The number of nitrogens with zero attached hydrogens (tertiary/aromatic N) is 2. The molecule has 0 fully saturated rings. The summed E-state index contributed by atoms with van der Waals surface area (Å²) in [6, 6.07) is -1.48. The summed E-state index contributed by atoms with van der Waals surface area (Å²) in [4.78, 5) is 22.8. The van der Waals surface area contributed by atoms with E-state index in [1.807, 2.05) is 6.92 Å². The lowest BCUT2D eigenvalue weighted by Crippen LogP contribution is -2.48. The van der Waals surface area contributed by atoms with Crippen molar-refractivity contribution in [2.45, 2.75) is 39.8 Å². The zero-order valence-corrected chi connectivity index (χ0v) is 13.4. The second kappa shape index (κ2) is 7.31. The molecule has 2 amide bonds. The molecule has 0 saturated heterocycles. The van der Waals surface area contributed by atoms with Gasteiger partial charge in [-0.2, -0.15) is 5.10 Å². The van der Waals surface area contributed by atoms with Crippen molar-refractivity contribution >= 4 is 23.6 Å². The SMILES string of the molecule is CCc1nn(C)c(CNC(=O)NC(C(=O)O)C(C)C)c1Cl. The Morgan fingerprint density at radius 3 is 2.48 bits per heavy atom. The highest BCUT2D eigenvalue weighted by Gasteiger charge is 2.23. The number of halogens is 1. The molecule has 1 unspecified atom stereocenters. The molecule has 1 aromatic rings. The van der Waals surface area contributed by atoms with Gasteiger partial charge in [-0.25, -0.2) is 9.59 Å². The van der Waals surface area contributed by atoms with Gasteiger partial charge in [0.25, 0.3) is 0 Å². The smallest absolute Gasteiger partial charge is 0.326 e. The van der Waals surface area contributed by atoms with Crippen LogP contribution < -0.4 is 10.6 Å². The fourth-order valence-electron chi connectivity index (χ4n) is 1.88. The standard InChI is InChI=1S/C13H21ClN4O3/c1-5-8-10(14)9(18(4)17-8)6-15-13(21)16-11(7(2)3)12(19)20/h7,11H,5-6H2,1-4H3,(H,19,20)(H2,15,16,21). The molecule has 1 aromatic heterocycles. The molecule has 7 nitrogen and oxygen atoms in total. The number of carbonyl (C=O) groups is 2. The van der Waals surface area contributed by atoms with E-state index in [0.717, 1.165) is 5.69 Å². The minimum absolute atomic E-state index is 0.179. The molecule has 8 heteroatoms. The van der Waals surface area contributed by atoms with Crippen molar-refractivity contribution in [3.63, 3.8) is 0 Å². The summed E-state index contributed by atoms with van der Waals surface area (Å²) in [5.41, 5.74) is 1.45. The number of rotatable bonds is 6. The Morgan fingerprint density at radius 1 is 1.43 bits per heavy atom. The quantitative estimate of drug-likeness (QED) is 0.741. The Balaban J connectivity index is 2.65. The molecule has 3 N–H and O–H groups in total. The lowest BCUT2D eigenvalue weighted by molar-refractivity contribution is -0.140. The molecule has 1 rings (SSSR count). The summed E-state index contributed by atoms with van der Waals surface area (Å²) < 4.78 is 1.61. The Hall–Kier alpha value is -1.76. The van der Waals surface area contributed by atoms with Crippen LogP contribution in [0.1, 0.15) is 32.2 Å². The van der Waals surface area contributed by atoms with Gasteiger partial charge in [-0.3, -0.25) is 4.68 Å². The molecule has 0 aliphatic rings. The average Bonchev–Trinajstić information content (AvgIpc) is 2.67. The molecule has 0 saturated carbocycles. The number of carboxylic acids is 1. The molecule has 1 atom stereocenters. The third-order valence-corrected chi connectivity index (χ3v) is 3.57. The van der Waals surface area contributed by atoms with Crippen LogP contribution in [-0.2, 0) is 24.8 Å². The van der Waals surface area contributed by atoms with Crippen molar-refractivity contribution in [3.05, 3.63) is 16.4 Å². The van der Waals surface area contributed by atoms with Crippen molar-refractivity contribution < 1.29 is 14.7 Å². The lowest BCUT2D eigenvalue weighted by atomic mass is 10.1. The van der Waals surface area contributed by atoms with Gasteiger partial charge in [0, 0.05) is 7.05 Å². The van der Waals surface area contributed by atoms with Gasteiger partial charge in [0.1, 0.15) is 6.04 Å². The number of aryl methyl sites for hydroxylation is 2. The molecule has 0 aliphatic carbocycles. The van der Waals surface area contributed by atoms with E-state index in [2.05, 4.69) is 15.7 Å². The molecule has 0 aromatic carbocycles. The van der Waals surface area contributed by atoms with Crippen LogP contribution in [0.4, 0.5) is 4.79 Å².